The highest BCUT2D eigenvalue weighted by Crippen LogP contribution is 2.76. The fourth-order valence-corrected chi connectivity index (χ4v) is 18.3. The monoisotopic (exact) mass is 1340 g/mol. The summed E-state index contributed by atoms with van der Waals surface area (Å²) in [6.07, 6.45) is -37.7. The first-order valence-corrected chi connectivity index (χ1v) is 33.1. The molecule has 0 bridgehead atoms. The van der Waals surface area contributed by atoms with Crippen molar-refractivity contribution in [1.82, 2.24) is 0 Å². The molecule has 0 unspecified atom stereocenters. The summed E-state index contributed by atoms with van der Waals surface area (Å²) in [5.41, 5.74) is -1.95. The van der Waals surface area contributed by atoms with E-state index in [9.17, 15) is 91.9 Å². The van der Waals surface area contributed by atoms with E-state index >= 15 is 0 Å². The summed E-state index contributed by atoms with van der Waals surface area (Å²) in [5.74, 6) is -0.714. The SMILES string of the molecule is CC(C)=CCC[C@](C)(O[C@H]1O[C@H](CO[C@H]2O[C@H](CO[C@@H]3OC[C@H](O)[C@H](O)[C@@H]3O)[C@H](O)[C@@H]2O)[C@@H](O)[C@H](O)[C@H]1O)[C@H]1CC[C@]2(C)[C@@H]1[C@H](O)C[C@@H]1[C@@]3(C)CC[C@H](O[C@@H]4O[C@H](CO)[C@@H](O)[C@H](O)[C@H]4O[C@@H]4O[C@H](CO)[C@@H](O)[C@H](O)[C@H]4O[C@@H]4OC[C@@H](O)[C@H](O)[C@H]4O)C(C)(C)[C@@H]3CC[C@]12C. The molecule has 538 valence electrons. The van der Waals surface area contributed by atoms with Gasteiger partial charge in [-0.2, -0.15) is 0 Å². The lowest BCUT2D eigenvalue weighted by molar-refractivity contribution is -0.395. The number of aliphatic hydroxyl groups excluding tert-OH is 18. The van der Waals surface area contributed by atoms with Gasteiger partial charge in [0.05, 0.1) is 57.5 Å². The summed E-state index contributed by atoms with van der Waals surface area (Å²) in [7, 11) is 0. The standard InChI is InChI=1S/C63H106O30/c1-25(2)10-9-14-63(8,93-56-50(81)44(75)42(73)32(89-56)24-85-54-49(80)43(74)33(88-54)23-84-53-47(78)38(69)28(67)21-82-53)26-11-16-62(7)37(26)27(66)18-35-60(5)15-13-36(59(3,4)34(60)12-17-61(35,62)6)90-57-51(45(76)40(71)30(19-64)86-57)92-58-52(46(77)41(72)31(20-65)87-58)91-55-48(79)39(70)29(68)22-83-55/h10,26-58,64-81H,9,11-24H2,1-8H3/t26-,27+,28-,29+,30+,31+,32+,33+,34-,35+,36-,37-,38-,39-,40+,41+,42+,43-,44-,45-,46-,47-,48+,49-,50+,51+,52+,53-,54-,55-,56+,57-,58-,60-,61+,62+,63-/m0/s1. The minimum absolute atomic E-state index is 0.0257. The van der Waals surface area contributed by atoms with Crippen LogP contribution < -0.4 is 0 Å². The van der Waals surface area contributed by atoms with Crippen LogP contribution in [0.5, 0.6) is 0 Å². The van der Waals surface area contributed by atoms with Gasteiger partial charge < -0.3 is 149 Å². The van der Waals surface area contributed by atoms with Gasteiger partial charge in [0, 0.05) is 0 Å². The highest BCUT2D eigenvalue weighted by molar-refractivity contribution is 5.21. The largest absolute Gasteiger partial charge is 0.394 e. The molecule has 30 heteroatoms. The zero-order valence-electron chi connectivity index (χ0n) is 54.2. The lowest BCUT2D eigenvalue weighted by Crippen LogP contribution is -2.68. The molecule has 6 heterocycles. The van der Waals surface area contributed by atoms with Gasteiger partial charge in [-0.3, -0.25) is 0 Å². The summed E-state index contributed by atoms with van der Waals surface area (Å²) in [6.45, 7) is 13.7. The van der Waals surface area contributed by atoms with Crippen LogP contribution in [0.25, 0.3) is 0 Å². The Hall–Kier alpha value is -1.46. The van der Waals surface area contributed by atoms with Crippen LogP contribution in [0, 0.1) is 45.3 Å². The number of rotatable bonds is 20. The van der Waals surface area contributed by atoms with Gasteiger partial charge in [0.15, 0.2) is 37.7 Å². The predicted octanol–water partition coefficient (Wildman–Crippen LogP) is -4.64. The van der Waals surface area contributed by atoms with Crippen molar-refractivity contribution in [2.24, 2.45) is 45.3 Å². The molecule has 0 aromatic carbocycles. The molecule has 0 radical (unpaired) electrons. The third-order valence-corrected chi connectivity index (χ3v) is 24.0. The van der Waals surface area contributed by atoms with Crippen molar-refractivity contribution in [2.45, 2.75) is 297 Å². The van der Waals surface area contributed by atoms with Crippen molar-refractivity contribution in [3.63, 3.8) is 0 Å². The molecule has 4 saturated carbocycles. The molecule has 18 N–H and O–H groups in total. The Morgan fingerprint density at radius 2 is 0.946 bits per heavy atom. The van der Waals surface area contributed by atoms with Crippen LogP contribution in [0.15, 0.2) is 11.6 Å². The Balaban J connectivity index is 0.837. The van der Waals surface area contributed by atoms with Crippen LogP contribution in [-0.2, 0) is 56.8 Å². The quantitative estimate of drug-likeness (QED) is 0.0403. The van der Waals surface area contributed by atoms with Gasteiger partial charge in [0.1, 0.15) is 128 Å². The second-order valence-electron chi connectivity index (χ2n) is 30.0. The molecule has 10 fully saturated rings. The molecule has 10 rings (SSSR count). The zero-order chi connectivity index (χ0) is 67.9. The van der Waals surface area contributed by atoms with E-state index in [1.807, 2.05) is 20.8 Å². The summed E-state index contributed by atoms with van der Waals surface area (Å²) in [4.78, 5) is 0. The molecule has 0 amide bonds. The average molecular weight is 1340 g/mol. The van der Waals surface area contributed by atoms with Gasteiger partial charge in [-0.25, -0.2) is 0 Å². The van der Waals surface area contributed by atoms with Crippen molar-refractivity contribution < 1.29 is 149 Å². The third-order valence-electron chi connectivity index (χ3n) is 24.0. The van der Waals surface area contributed by atoms with E-state index in [0.29, 0.717) is 44.9 Å². The number of hydrogen-bond acceptors (Lipinski definition) is 30. The van der Waals surface area contributed by atoms with Gasteiger partial charge in [0.25, 0.3) is 0 Å². The molecule has 0 aromatic heterocycles. The summed E-state index contributed by atoms with van der Waals surface area (Å²) < 4.78 is 72.4. The third kappa shape index (κ3) is 13.7. The van der Waals surface area contributed by atoms with Gasteiger partial charge in [-0.05, 0) is 124 Å². The molecule has 10 aliphatic rings. The van der Waals surface area contributed by atoms with Crippen molar-refractivity contribution in [3.8, 4) is 0 Å². The molecular weight excluding hydrogens is 1240 g/mol. The van der Waals surface area contributed by atoms with E-state index in [-0.39, 0.29) is 35.7 Å². The van der Waals surface area contributed by atoms with Crippen molar-refractivity contribution in [2.75, 3.05) is 39.6 Å². The molecule has 0 aromatic rings. The van der Waals surface area contributed by atoms with E-state index in [4.69, 9.17) is 56.8 Å². The number of hydrogen-bond donors (Lipinski definition) is 18. The second kappa shape index (κ2) is 28.9. The summed E-state index contributed by atoms with van der Waals surface area (Å²) in [6, 6.07) is 0. The molecule has 37 atom stereocenters. The molecule has 4 aliphatic carbocycles. The van der Waals surface area contributed by atoms with Gasteiger partial charge in [-0.15, -0.1) is 0 Å². The van der Waals surface area contributed by atoms with Gasteiger partial charge in [0.2, 0.25) is 0 Å². The van der Waals surface area contributed by atoms with Crippen molar-refractivity contribution >= 4 is 0 Å². The number of fused-ring (bicyclic) bond motifs is 5. The van der Waals surface area contributed by atoms with Crippen LogP contribution in [0.2, 0.25) is 0 Å². The first-order chi connectivity index (χ1) is 43.7. The maximum atomic E-state index is 13.0. The molecule has 93 heavy (non-hydrogen) atoms. The maximum absolute atomic E-state index is 13.0. The van der Waals surface area contributed by atoms with Crippen LogP contribution in [0.1, 0.15) is 113 Å². The topological polar surface area (TPSA) is 475 Å². The Kier molecular flexibility index (Phi) is 23.1. The van der Waals surface area contributed by atoms with Crippen molar-refractivity contribution in [3.05, 3.63) is 11.6 Å². The highest BCUT2D eigenvalue weighted by Gasteiger charge is 2.72. The Bertz CT molecular complexity index is 2480. The Labute approximate surface area is 540 Å². The van der Waals surface area contributed by atoms with E-state index in [1.165, 1.54) is 0 Å². The van der Waals surface area contributed by atoms with Gasteiger partial charge >= 0.3 is 0 Å². The molecule has 6 aliphatic heterocycles. The molecule has 30 nitrogen and oxygen atoms in total. The van der Waals surface area contributed by atoms with Crippen molar-refractivity contribution in [1.29, 1.82) is 0 Å². The van der Waals surface area contributed by atoms with Crippen LogP contribution in [-0.4, -0.2) is 315 Å². The molecule has 6 saturated heterocycles. The van der Waals surface area contributed by atoms with E-state index < -0.39 is 233 Å². The predicted molar refractivity (Wildman–Crippen MR) is 313 cm³/mol. The first-order valence-electron chi connectivity index (χ1n) is 33.1. The van der Waals surface area contributed by atoms with Crippen LogP contribution in [0.3, 0.4) is 0 Å². The Morgan fingerprint density at radius 3 is 1.53 bits per heavy atom. The highest BCUT2D eigenvalue weighted by atomic mass is 16.8. The van der Waals surface area contributed by atoms with Gasteiger partial charge in [-0.1, -0.05) is 46.3 Å². The molecular formula is C63H106O30. The zero-order valence-corrected chi connectivity index (χ0v) is 54.2. The van der Waals surface area contributed by atoms with E-state index in [2.05, 4.69) is 40.7 Å². The smallest absolute Gasteiger partial charge is 0.187 e. The van der Waals surface area contributed by atoms with Crippen LogP contribution in [0.4, 0.5) is 0 Å². The normalized spacial score (nSPS) is 53.1. The first kappa shape index (κ1) is 74.2. The maximum Gasteiger partial charge on any atom is 0.187 e. The lowest BCUT2D eigenvalue weighted by Gasteiger charge is -2.71. The number of ether oxygens (including phenoxy) is 12. The fraction of sp³-hybridized carbons (Fsp3) is 0.968. The minimum Gasteiger partial charge on any atom is -0.394 e. The second-order valence-corrected chi connectivity index (χ2v) is 30.0. The molecule has 0 spiro atoms. The Morgan fingerprint density at radius 1 is 0.473 bits per heavy atom. The lowest BCUT2D eigenvalue weighted by atomic mass is 9.35. The van der Waals surface area contributed by atoms with Crippen LogP contribution >= 0.6 is 0 Å². The fourth-order valence-electron chi connectivity index (χ4n) is 18.3. The minimum atomic E-state index is -1.90. The van der Waals surface area contributed by atoms with E-state index in [1.54, 1.807) is 0 Å². The summed E-state index contributed by atoms with van der Waals surface area (Å²) >= 11 is 0. The average Bonchev–Trinajstić information content (AvgIpc) is 1.67. The van der Waals surface area contributed by atoms with E-state index in [0.717, 1.165) is 18.4 Å². The number of aliphatic hydroxyl groups is 18. The summed E-state index contributed by atoms with van der Waals surface area (Å²) in [5, 5.41) is 197. The number of allylic oxidation sites excluding steroid dienone is 2.